The molecule has 5 heteroatoms. The van der Waals surface area contributed by atoms with Gasteiger partial charge in [-0.2, -0.15) is 0 Å². The Bertz CT molecular complexity index is 358. The Morgan fingerprint density at radius 1 is 1.58 bits per heavy atom. The van der Waals surface area contributed by atoms with Gasteiger partial charge in [-0.15, -0.1) is 4.73 Å². The molecule has 0 atom stereocenters. The maximum absolute atomic E-state index is 10.9. The lowest BCUT2D eigenvalue weighted by Crippen LogP contribution is -2.28. The molecule has 64 valence electrons. The number of rotatable bonds is 1. The van der Waals surface area contributed by atoms with Crippen LogP contribution in [0.3, 0.4) is 0 Å². The van der Waals surface area contributed by atoms with Gasteiger partial charge in [-0.1, -0.05) is 11.6 Å². The fourth-order valence-electron chi connectivity index (χ4n) is 0.653. The van der Waals surface area contributed by atoms with Crippen molar-refractivity contribution in [2.45, 2.75) is 6.92 Å². The minimum Gasteiger partial charge on any atom is -0.334 e. The molecule has 12 heavy (non-hydrogen) atoms. The monoisotopic (exact) mass is 187 g/mol. The summed E-state index contributed by atoms with van der Waals surface area (Å²) in [6.45, 7) is 1.20. The van der Waals surface area contributed by atoms with Gasteiger partial charge in [0.15, 0.2) is 0 Å². The van der Waals surface area contributed by atoms with E-state index in [1.165, 1.54) is 25.3 Å². The lowest BCUT2D eigenvalue weighted by Gasteiger charge is -2.02. The molecule has 1 heterocycles. The minimum atomic E-state index is -0.570. The molecule has 1 rings (SSSR count). The Labute approximate surface area is 73.3 Å². The number of nitrogens with zero attached hydrogens (tertiary/aromatic N) is 1. The van der Waals surface area contributed by atoms with Crippen molar-refractivity contribution in [2.24, 2.45) is 0 Å². The average Bonchev–Trinajstić information content (AvgIpc) is 1.96. The lowest BCUT2D eigenvalue weighted by atomic mass is 10.5. The number of carbonyl (C=O) groups excluding carboxylic acids is 1. The van der Waals surface area contributed by atoms with Gasteiger partial charge in [-0.25, -0.2) is 4.79 Å². The third-order valence-electron chi connectivity index (χ3n) is 1.07. The van der Waals surface area contributed by atoms with Crippen molar-refractivity contribution in [2.75, 3.05) is 0 Å². The van der Waals surface area contributed by atoms with Crippen molar-refractivity contribution in [1.82, 2.24) is 4.73 Å². The van der Waals surface area contributed by atoms with Gasteiger partial charge in [0, 0.05) is 13.0 Å². The van der Waals surface area contributed by atoms with E-state index >= 15 is 0 Å². The molecule has 0 aliphatic heterocycles. The molecule has 0 fully saturated rings. The topological polar surface area (TPSA) is 48.3 Å². The second-order valence-electron chi connectivity index (χ2n) is 2.09. The smallest absolute Gasteiger partial charge is 0.330 e. The van der Waals surface area contributed by atoms with Crippen LogP contribution in [0.25, 0.3) is 0 Å². The maximum Gasteiger partial charge on any atom is 0.330 e. The van der Waals surface area contributed by atoms with Crippen LogP contribution in [0.1, 0.15) is 6.92 Å². The summed E-state index contributed by atoms with van der Waals surface area (Å²) < 4.78 is 0.782. The second kappa shape index (κ2) is 3.40. The first-order valence-electron chi connectivity index (χ1n) is 3.17. The van der Waals surface area contributed by atoms with Crippen LogP contribution in [0.15, 0.2) is 23.1 Å². The standard InChI is InChI=1S/C7H6ClNO3/c1-5(10)12-9-4-6(8)2-3-7(9)11/h2-4H,1H3. The van der Waals surface area contributed by atoms with Gasteiger partial charge in [0.1, 0.15) is 0 Å². The summed E-state index contributed by atoms with van der Waals surface area (Å²) in [5, 5.41) is 0.329. The summed E-state index contributed by atoms with van der Waals surface area (Å²) in [6, 6.07) is 2.63. The molecule has 1 aromatic rings. The van der Waals surface area contributed by atoms with E-state index in [9.17, 15) is 9.59 Å². The zero-order valence-electron chi connectivity index (χ0n) is 6.28. The maximum atomic E-state index is 10.9. The molecule has 0 N–H and O–H groups in total. The number of hydrogen-bond acceptors (Lipinski definition) is 3. The minimum absolute atomic E-state index is 0.329. The van der Waals surface area contributed by atoms with Gasteiger partial charge in [0.25, 0.3) is 5.56 Å². The first kappa shape index (κ1) is 8.80. The second-order valence-corrected chi connectivity index (χ2v) is 2.53. The number of pyridine rings is 1. The lowest BCUT2D eigenvalue weighted by molar-refractivity contribution is -0.141. The number of halogens is 1. The fourth-order valence-corrected chi connectivity index (χ4v) is 0.804. The van der Waals surface area contributed by atoms with Crippen LogP contribution in [-0.2, 0) is 4.79 Å². The average molecular weight is 188 g/mol. The van der Waals surface area contributed by atoms with Crippen LogP contribution in [0.5, 0.6) is 0 Å². The molecule has 4 nitrogen and oxygen atoms in total. The van der Waals surface area contributed by atoms with Gasteiger partial charge in [0.05, 0.1) is 11.2 Å². The van der Waals surface area contributed by atoms with Crippen LogP contribution in [-0.4, -0.2) is 10.7 Å². The molecule has 0 amide bonds. The summed E-state index contributed by atoms with van der Waals surface area (Å²) in [5.41, 5.74) is -0.436. The van der Waals surface area contributed by atoms with Crippen molar-refractivity contribution in [3.05, 3.63) is 33.7 Å². The van der Waals surface area contributed by atoms with E-state index in [1.807, 2.05) is 0 Å². The molecule has 0 aliphatic carbocycles. The van der Waals surface area contributed by atoms with E-state index in [-0.39, 0.29) is 0 Å². The third-order valence-corrected chi connectivity index (χ3v) is 1.29. The number of aromatic nitrogens is 1. The van der Waals surface area contributed by atoms with Crippen LogP contribution in [0.2, 0.25) is 5.02 Å². The van der Waals surface area contributed by atoms with Crippen LogP contribution >= 0.6 is 11.6 Å². The SMILES string of the molecule is CC(=O)On1cc(Cl)ccc1=O. The normalized spacial score (nSPS) is 9.50. The summed E-state index contributed by atoms with van der Waals surface area (Å²) in [5.74, 6) is -0.570. The van der Waals surface area contributed by atoms with Gasteiger partial charge < -0.3 is 4.84 Å². The van der Waals surface area contributed by atoms with Crippen LogP contribution in [0.4, 0.5) is 0 Å². The van der Waals surface area contributed by atoms with E-state index in [1.54, 1.807) is 0 Å². The Morgan fingerprint density at radius 2 is 2.25 bits per heavy atom. The van der Waals surface area contributed by atoms with Crippen molar-refractivity contribution < 1.29 is 9.63 Å². The summed E-state index contributed by atoms with van der Waals surface area (Å²) in [4.78, 5) is 25.9. The quantitative estimate of drug-likeness (QED) is 0.643. The van der Waals surface area contributed by atoms with Gasteiger partial charge in [-0.05, 0) is 6.07 Å². The molecule has 0 saturated carbocycles. The zero-order chi connectivity index (χ0) is 9.14. The summed E-state index contributed by atoms with van der Waals surface area (Å²) in [6.07, 6.45) is 1.23. The van der Waals surface area contributed by atoms with E-state index in [0.717, 1.165) is 4.73 Å². The fraction of sp³-hybridized carbons (Fsp3) is 0.143. The molecular formula is C7H6ClNO3. The summed E-state index contributed by atoms with van der Waals surface area (Å²) >= 11 is 5.55. The predicted octanol–water partition coefficient (Wildman–Crippen LogP) is 0.477. The Morgan fingerprint density at radius 3 is 2.83 bits per heavy atom. The zero-order valence-corrected chi connectivity index (χ0v) is 7.04. The highest BCUT2D eigenvalue weighted by atomic mass is 35.5. The molecular weight excluding hydrogens is 182 g/mol. The number of hydrogen-bond donors (Lipinski definition) is 0. The van der Waals surface area contributed by atoms with Crippen molar-refractivity contribution in [3.63, 3.8) is 0 Å². The Hall–Kier alpha value is -1.29. The van der Waals surface area contributed by atoms with Gasteiger partial charge in [-0.3, -0.25) is 4.79 Å². The highest BCUT2D eigenvalue weighted by Crippen LogP contribution is 2.01. The van der Waals surface area contributed by atoms with E-state index in [0.29, 0.717) is 5.02 Å². The molecule has 0 spiro atoms. The molecule has 0 aromatic carbocycles. The van der Waals surface area contributed by atoms with E-state index in [4.69, 9.17) is 11.6 Å². The first-order chi connectivity index (χ1) is 5.59. The third kappa shape index (κ3) is 2.10. The molecule has 1 aromatic heterocycles. The van der Waals surface area contributed by atoms with Gasteiger partial charge in [0.2, 0.25) is 0 Å². The van der Waals surface area contributed by atoms with Crippen molar-refractivity contribution in [1.29, 1.82) is 0 Å². The molecule has 0 radical (unpaired) electrons. The Balaban J connectivity index is 3.06. The first-order valence-corrected chi connectivity index (χ1v) is 3.54. The molecule has 0 unspecified atom stereocenters. The van der Waals surface area contributed by atoms with Crippen LogP contribution < -0.4 is 10.4 Å². The molecule has 0 aliphatic rings. The summed E-state index contributed by atoms with van der Waals surface area (Å²) in [7, 11) is 0. The van der Waals surface area contributed by atoms with Gasteiger partial charge >= 0.3 is 5.97 Å². The van der Waals surface area contributed by atoms with E-state index in [2.05, 4.69) is 4.84 Å². The highest BCUT2D eigenvalue weighted by Gasteiger charge is 1.99. The van der Waals surface area contributed by atoms with Crippen molar-refractivity contribution in [3.8, 4) is 0 Å². The molecule has 0 saturated heterocycles. The largest absolute Gasteiger partial charge is 0.334 e. The van der Waals surface area contributed by atoms with E-state index < -0.39 is 11.5 Å². The molecule has 0 bridgehead atoms. The number of carbonyl (C=O) groups is 1. The predicted molar refractivity (Wildman–Crippen MR) is 43.0 cm³/mol. The highest BCUT2D eigenvalue weighted by molar-refractivity contribution is 6.30. The Kier molecular flexibility index (Phi) is 2.50. The van der Waals surface area contributed by atoms with Crippen molar-refractivity contribution >= 4 is 17.6 Å². The van der Waals surface area contributed by atoms with Crippen LogP contribution in [0, 0.1) is 0 Å².